The van der Waals surface area contributed by atoms with Crippen LogP contribution in [0.5, 0.6) is 23.0 Å². The van der Waals surface area contributed by atoms with Gasteiger partial charge in [-0.2, -0.15) is 0 Å². The molecule has 3 rings (SSSR count). The van der Waals surface area contributed by atoms with Gasteiger partial charge in [0.15, 0.2) is 29.7 Å². The number of carbonyl (C=O) groups excluding carboxylic acids is 2. The predicted octanol–water partition coefficient (Wildman–Crippen LogP) is 2.01. The zero-order chi connectivity index (χ0) is 22.4. The van der Waals surface area contributed by atoms with Crippen LogP contribution in [0.4, 0.5) is 4.39 Å². The van der Waals surface area contributed by atoms with Crippen molar-refractivity contribution >= 4 is 11.8 Å². The number of para-hydroxylation sites is 1. The summed E-state index contributed by atoms with van der Waals surface area (Å²) in [7, 11) is 4.57. The van der Waals surface area contributed by atoms with Crippen LogP contribution in [0.1, 0.15) is 5.56 Å². The summed E-state index contributed by atoms with van der Waals surface area (Å²) in [6, 6.07) is 9.41. The Morgan fingerprint density at radius 1 is 1.03 bits per heavy atom. The summed E-state index contributed by atoms with van der Waals surface area (Å²) in [6.45, 7) is 0.582. The first-order valence-corrected chi connectivity index (χ1v) is 9.68. The third-order valence-electron chi connectivity index (χ3n) is 4.98. The van der Waals surface area contributed by atoms with Crippen molar-refractivity contribution in [3.63, 3.8) is 0 Å². The van der Waals surface area contributed by atoms with E-state index in [0.29, 0.717) is 30.3 Å². The van der Waals surface area contributed by atoms with E-state index in [-0.39, 0.29) is 36.6 Å². The SMILES string of the molecule is COc1cc(CNC(=O)C2CN(C(=O)COc3ccccc3F)C2)cc(OC)c1OC. The van der Waals surface area contributed by atoms with Gasteiger partial charge in [-0.25, -0.2) is 4.39 Å². The highest BCUT2D eigenvalue weighted by Gasteiger charge is 2.35. The second kappa shape index (κ2) is 10.0. The predicted molar refractivity (Wildman–Crippen MR) is 110 cm³/mol. The smallest absolute Gasteiger partial charge is 0.260 e. The van der Waals surface area contributed by atoms with Crippen LogP contribution in [0, 0.1) is 11.7 Å². The number of nitrogens with zero attached hydrogens (tertiary/aromatic N) is 1. The van der Waals surface area contributed by atoms with E-state index in [9.17, 15) is 14.0 Å². The van der Waals surface area contributed by atoms with E-state index in [1.807, 2.05) is 0 Å². The summed E-state index contributed by atoms with van der Waals surface area (Å²) in [5.74, 6) is 0.219. The van der Waals surface area contributed by atoms with Gasteiger partial charge in [-0.15, -0.1) is 0 Å². The second-order valence-corrected chi connectivity index (χ2v) is 6.97. The minimum Gasteiger partial charge on any atom is -0.493 e. The first-order chi connectivity index (χ1) is 15.0. The average Bonchev–Trinajstić information content (AvgIpc) is 2.75. The van der Waals surface area contributed by atoms with Gasteiger partial charge in [-0.1, -0.05) is 12.1 Å². The Balaban J connectivity index is 1.47. The highest BCUT2D eigenvalue weighted by atomic mass is 19.1. The zero-order valence-electron chi connectivity index (χ0n) is 17.6. The number of ether oxygens (including phenoxy) is 4. The molecule has 2 amide bonds. The van der Waals surface area contributed by atoms with Crippen molar-refractivity contribution in [2.45, 2.75) is 6.54 Å². The Labute approximate surface area is 179 Å². The van der Waals surface area contributed by atoms with E-state index < -0.39 is 5.82 Å². The lowest BCUT2D eigenvalue weighted by molar-refractivity contribution is -0.144. The van der Waals surface area contributed by atoms with Gasteiger partial charge in [0.2, 0.25) is 11.7 Å². The molecule has 0 spiro atoms. The standard InChI is InChI=1S/C22H25FN2O6/c1-28-18-8-14(9-19(29-2)21(18)30-3)10-24-22(27)15-11-25(12-15)20(26)13-31-17-7-5-4-6-16(17)23/h4-9,15H,10-13H2,1-3H3,(H,24,27). The zero-order valence-corrected chi connectivity index (χ0v) is 17.6. The van der Waals surface area contributed by atoms with Crippen LogP contribution in [0.2, 0.25) is 0 Å². The summed E-state index contributed by atoms with van der Waals surface area (Å²) in [6.07, 6.45) is 0. The van der Waals surface area contributed by atoms with Gasteiger partial charge >= 0.3 is 0 Å². The highest BCUT2D eigenvalue weighted by Crippen LogP contribution is 2.38. The molecule has 8 nitrogen and oxygen atoms in total. The van der Waals surface area contributed by atoms with Crippen LogP contribution in [0.25, 0.3) is 0 Å². The topological polar surface area (TPSA) is 86.3 Å². The van der Waals surface area contributed by atoms with Crippen LogP contribution < -0.4 is 24.3 Å². The molecule has 1 N–H and O–H groups in total. The molecule has 31 heavy (non-hydrogen) atoms. The molecule has 1 aliphatic rings. The molecular formula is C22H25FN2O6. The first kappa shape index (κ1) is 22.2. The number of amides is 2. The number of hydrogen-bond donors (Lipinski definition) is 1. The molecule has 0 aromatic heterocycles. The van der Waals surface area contributed by atoms with E-state index in [0.717, 1.165) is 5.56 Å². The molecule has 0 aliphatic carbocycles. The van der Waals surface area contributed by atoms with E-state index >= 15 is 0 Å². The van der Waals surface area contributed by atoms with Gasteiger partial charge < -0.3 is 29.2 Å². The summed E-state index contributed by atoms with van der Waals surface area (Å²) in [4.78, 5) is 26.1. The molecule has 0 bridgehead atoms. The Morgan fingerprint density at radius 3 is 2.26 bits per heavy atom. The third-order valence-corrected chi connectivity index (χ3v) is 4.98. The summed E-state index contributed by atoms with van der Waals surface area (Å²) in [5.41, 5.74) is 0.786. The number of benzene rings is 2. The number of hydrogen-bond acceptors (Lipinski definition) is 6. The molecule has 166 valence electrons. The molecule has 1 fully saturated rings. The number of carbonyl (C=O) groups is 2. The minimum absolute atomic E-state index is 0.0241. The fraction of sp³-hybridized carbons (Fsp3) is 0.364. The van der Waals surface area contributed by atoms with Gasteiger partial charge in [-0.3, -0.25) is 9.59 Å². The molecule has 1 aliphatic heterocycles. The van der Waals surface area contributed by atoms with Gasteiger partial charge in [0, 0.05) is 19.6 Å². The Kier molecular flexibility index (Phi) is 7.17. The molecule has 1 heterocycles. The van der Waals surface area contributed by atoms with E-state index in [2.05, 4.69) is 5.32 Å². The summed E-state index contributed by atoms with van der Waals surface area (Å²) < 4.78 is 34.7. The van der Waals surface area contributed by atoms with E-state index in [1.165, 1.54) is 38.4 Å². The maximum atomic E-state index is 13.5. The van der Waals surface area contributed by atoms with E-state index in [1.54, 1.807) is 24.3 Å². The molecule has 9 heteroatoms. The molecule has 0 radical (unpaired) electrons. The largest absolute Gasteiger partial charge is 0.493 e. The quantitative estimate of drug-likeness (QED) is 0.653. The van der Waals surface area contributed by atoms with Crippen molar-refractivity contribution in [1.82, 2.24) is 10.2 Å². The molecule has 0 atom stereocenters. The second-order valence-electron chi connectivity index (χ2n) is 6.97. The molecule has 1 saturated heterocycles. The van der Waals surface area contributed by atoms with Crippen LogP contribution in [-0.2, 0) is 16.1 Å². The van der Waals surface area contributed by atoms with Crippen molar-refractivity contribution in [3.05, 3.63) is 47.8 Å². The fourth-order valence-electron chi connectivity index (χ4n) is 3.21. The Hall–Kier alpha value is -3.49. The summed E-state index contributed by atoms with van der Waals surface area (Å²) >= 11 is 0. The number of rotatable bonds is 9. The van der Waals surface area contributed by atoms with Crippen LogP contribution in [0.3, 0.4) is 0 Å². The van der Waals surface area contributed by atoms with Crippen molar-refractivity contribution in [2.75, 3.05) is 41.0 Å². The van der Waals surface area contributed by atoms with E-state index in [4.69, 9.17) is 18.9 Å². The molecule has 2 aromatic carbocycles. The van der Waals surface area contributed by atoms with Crippen LogP contribution >= 0.6 is 0 Å². The lowest BCUT2D eigenvalue weighted by Gasteiger charge is -2.38. The van der Waals surface area contributed by atoms with Crippen molar-refractivity contribution < 1.29 is 32.9 Å². The number of nitrogens with one attached hydrogen (secondary N) is 1. The molecule has 0 saturated carbocycles. The van der Waals surface area contributed by atoms with Gasteiger partial charge in [0.05, 0.1) is 27.2 Å². The van der Waals surface area contributed by atoms with Gasteiger partial charge in [0.25, 0.3) is 5.91 Å². The molecular weight excluding hydrogens is 407 g/mol. The van der Waals surface area contributed by atoms with Gasteiger partial charge in [0.1, 0.15) is 0 Å². The summed E-state index contributed by atoms with van der Waals surface area (Å²) in [5, 5.41) is 2.86. The molecule has 2 aromatic rings. The number of methoxy groups -OCH3 is 3. The highest BCUT2D eigenvalue weighted by molar-refractivity contribution is 5.85. The monoisotopic (exact) mass is 432 g/mol. The van der Waals surface area contributed by atoms with Crippen LogP contribution in [0.15, 0.2) is 36.4 Å². The Bertz CT molecular complexity index is 920. The minimum atomic E-state index is -0.525. The lowest BCUT2D eigenvalue weighted by Crippen LogP contribution is -2.56. The van der Waals surface area contributed by atoms with Crippen LogP contribution in [-0.4, -0.2) is 57.7 Å². The number of halogens is 1. The fourth-order valence-corrected chi connectivity index (χ4v) is 3.21. The lowest BCUT2D eigenvalue weighted by atomic mass is 9.99. The van der Waals surface area contributed by atoms with Gasteiger partial charge in [-0.05, 0) is 29.8 Å². The van der Waals surface area contributed by atoms with Crippen molar-refractivity contribution in [1.29, 1.82) is 0 Å². The molecule has 0 unspecified atom stereocenters. The van der Waals surface area contributed by atoms with Crippen molar-refractivity contribution in [2.24, 2.45) is 5.92 Å². The normalized spacial score (nSPS) is 13.2. The average molecular weight is 432 g/mol. The maximum absolute atomic E-state index is 13.5. The number of likely N-dealkylation sites (tertiary alicyclic amines) is 1. The first-order valence-electron chi connectivity index (χ1n) is 9.68. The Morgan fingerprint density at radius 2 is 1.68 bits per heavy atom. The third kappa shape index (κ3) is 5.17. The maximum Gasteiger partial charge on any atom is 0.260 e. The van der Waals surface area contributed by atoms with Crippen molar-refractivity contribution in [3.8, 4) is 23.0 Å².